The Morgan fingerprint density at radius 2 is 1.78 bits per heavy atom. The predicted octanol–water partition coefficient (Wildman–Crippen LogP) is 1.40. The molecule has 1 amide bonds. The SMILES string of the molecule is O=C(CN1CCN(c2cc(N3CCCC(CO)C3)ncn2)CC1)N1CCc2ccccc21. The fourth-order valence-electron chi connectivity index (χ4n) is 5.11. The Morgan fingerprint density at radius 1 is 1.00 bits per heavy atom. The van der Waals surface area contributed by atoms with Crippen molar-refractivity contribution in [1.29, 1.82) is 0 Å². The summed E-state index contributed by atoms with van der Waals surface area (Å²) in [5, 5.41) is 9.52. The standard InChI is InChI=1S/C24H32N6O2/c31-17-19-4-3-8-29(15-19)23-14-22(25-18-26-23)28-12-10-27(11-13-28)16-24(32)30-9-7-20-5-1-2-6-21(20)30/h1-2,5-6,14,18-19,31H,3-4,7-13,15-17H2. The molecule has 2 fully saturated rings. The number of nitrogens with zero attached hydrogens (tertiary/aromatic N) is 6. The van der Waals surface area contributed by atoms with Crippen molar-refractivity contribution in [2.24, 2.45) is 5.92 Å². The second-order valence-corrected chi connectivity index (χ2v) is 9.06. The molecule has 3 aliphatic rings. The molecule has 1 aromatic carbocycles. The van der Waals surface area contributed by atoms with Crippen molar-refractivity contribution in [2.45, 2.75) is 19.3 Å². The molecule has 4 heterocycles. The molecule has 32 heavy (non-hydrogen) atoms. The number of anilines is 3. The van der Waals surface area contributed by atoms with E-state index < -0.39 is 0 Å². The van der Waals surface area contributed by atoms with E-state index in [9.17, 15) is 9.90 Å². The van der Waals surface area contributed by atoms with Gasteiger partial charge in [-0.3, -0.25) is 9.69 Å². The maximum Gasteiger partial charge on any atom is 0.241 e. The number of hydrogen-bond acceptors (Lipinski definition) is 7. The third-order valence-electron chi connectivity index (χ3n) is 6.98. The molecule has 1 N–H and O–H groups in total. The molecule has 0 spiro atoms. The lowest BCUT2D eigenvalue weighted by Gasteiger charge is -2.36. The van der Waals surface area contributed by atoms with Gasteiger partial charge in [-0.1, -0.05) is 18.2 Å². The van der Waals surface area contributed by atoms with E-state index in [0.717, 1.165) is 82.4 Å². The van der Waals surface area contributed by atoms with Gasteiger partial charge in [0.15, 0.2) is 0 Å². The molecule has 1 unspecified atom stereocenters. The van der Waals surface area contributed by atoms with Gasteiger partial charge in [0.25, 0.3) is 0 Å². The van der Waals surface area contributed by atoms with Crippen LogP contribution in [0.15, 0.2) is 36.7 Å². The molecule has 1 aromatic heterocycles. The zero-order chi connectivity index (χ0) is 21.9. The molecule has 8 heteroatoms. The van der Waals surface area contributed by atoms with Crippen molar-refractivity contribution in [2.75, 3.05) is 73.7 Å². The second kappa shape index (κ2) is 9.42. The van der Waals surface area contributed by atoms with Crippen LogP contribution in [0.2, 0.25) is 0 Å². The van der Waals surface area contributed by atoms with Gasteiger partial charge >= 0.3 is 0 Å². The number of carbonyl (C=O) groups excluding carboxylic acids is 1. The molecule has 0 radical (unpaired) electrons. The van der Waals surface area contributed by atoms with Crippen LogP contribution in [0.1, 0.15) is 18.4 Å². The van der Waals surface area contributed by atoms with E-state index >= 15 is 0 Å². The zero-order valence-corrected chi connectivity index (χ0v) is 18.6. The summed E-state index contributed by atoms with van der Waals surface area (Å²) in [6, 6.07) is 10.3. The van der Waals surface area contributed by atoms with Gasteiger partial charge in [0, 0.05) is 64.2 Å². The summed E-state index contributed by atoms with van der Waals surface area (Å²) >= 11 is 0. The number of aliphatic hydroxyl groups is 1. The lowest BCUT2D eigenvalue weighted by molar-refractivity contribution is -0.119. The van der Waals surface area contributed by atoms with Crippen LogP contribution in [0, 0.1) is 5.92 Å². The van der Waals surface area contributed by atoms with Gasteiger partial charge in [0.1, 0.15) is 18.0 Å². The van der Waals surface area contributed by atoms with Gasteiger partial charge in [-0.05, 0) is 36.8 Å². The molecular weight excluding hydrogens is 404 g/mol. The van der Waals surface area contributed by atoms with Crippen molar-refractivity contribution in [3.63, 3.8) is 0 Å². The van der Waals surface area contributed by atoms with Crippen LogP contribution in [0.4, 0.5) is 17.3 Å². The van der Waals surface area contributed by atoms with Crippen LogP contribution < -0.4 is 14.7 Å². The fraction of sp³-hybridized carbons (Fsp3) is 0.542. The average molecular weight is 437 g/mol. The number of carbonyl (C=O) groups is 1. The largest absolute Gasteiger partial charge is 0.396 e. The molecule has 3 aliphatic heterocycles. The first-order valence-corrected chi connectivity index (χ1v) is 11.7. The van der Waals surface area contributed by atoms with E-state index in [1.165, 1.54) is 5.56 Å². The number of amides is 1. The van der Waals surface area contributed by atoms with Crippen LogP contribution in [0.25, 0.3) is 0 Å². The van der Waals surface area contributed by atoms with Crippen LogP contribution >= 0.6 is 0 Å². The van der Waals surface area contributed by atoms with Gasteiger partial charge in [-0.25, -0.2) is 9.97 Å². The van der Waals surface area contributed by atoms with Crippen molar-refractivity contribution in [3.05, 3.63) is 42.2 Å². The van der Waals surface area contributed by atoms with Gasteiger partial charge in [-0.15, -0.1) is 0 Å². The molecule has 2 saturated heterocycles. The molecule has 2 aromatic rings. The number of aliphatic hydroxyl groups excluding tert-OH is 1. The number of aromatic nitrogens is 2. The van der Waals surface area contributed by atoms with Crippen molar-refractivity contribution in [1.82, 2.24) is 14.9 Å². The van der Waals surface area contributed by atoms with Crippen molar-refractivity contribution in [3.8, 4) is 0 Å². The Hall–Kier alpha value is -2.71. The summed E-state index contributed by atoms with van der Waals surface area (Å²) < 4.78 is 0. The molecule has 5 rings (SSSR count). The number of hydrogen-bond donors (Lipinski definition) is 1. The summed E-state index contributed by atoms with van der Waals surface area (Å²) in [6.45, 7) is 6.69. The number of fused-ring (bicyclic) bond motifs is 1. The maximum absolute atomic E-state index is 12.9. The van der Waals surface area contributed by atoms with Gasteiger partial charge in [0.05, 0.1) is 6.54 Å². The summed E-state index contributed by atoms with van der Waals surface area (Å²) in [5.74, 6) is 2.40. The lowest BCUT2D eigenvalue weighted by Crippen LogP contribution is -2.50. The topological polar surface area (TPSA) is 76.0 Å². The molecule has 0 saturated carbocycles. The van der Waals surface area contributed by atoms with Gasteiger partial charge < -0.3 is 19.8 Å². The summed E-state index contributed by atoms with van der Waals surface area (Å²) in [7, 11) is 0. The molecule has 1 atom stereocenters. The molecule has 170 valence electrons. The molecule has 0 bridgehead atoms. The van der Waals surface area contributed by atoms with E-state index in [1.54, 1.807) is 6.33 Å². The Labute approximate surface area is 189 Å². The fourth-order valence-corrected chi connectivity index (χ4v) is 5.11. The minimum Gasteiger partial charge on any atom is -0.396 e. The average Bonchev–Trinajstić information content (AvgIpc) is 3.29. The first-order valence-electron chi connectivity index (χ1n) is 11.7. The van der Waals surface area contributed by atoms with Crippen molar-refractivity contribution >= 4 is 23.2 Å². The third kappa shape index (κ3) is 4.42. The first kappa shape index (κ1) is 21.2. The van der Waals surface area contributed by atoms with Crippen LogP contribution in [0.5, 0.6) is 0 Å². The van der Waals surface area contributed by atoms with Gasteiger partial charge in [-0.2, -0.15) is 0 Å². The smallest absolute Gasteiger partial charge is 0.241 e. The number of piperidine rings is 1. The van der Waals surface area contributed by atoms with Gasteiger partial charge in [0.2, 0.25) is 5.91 Å². The minimum absolute atomic E-state index is 0.191. The van der Waals surface area contributed by atoms with E-state index in [2.05, 4.69) is 42.9 Å². The number of rotatable bonds is 5. The summed E-state index contributed by atoms with van der Waals surface area (Å²) in [6.07, 6.45) is 4.75. The summed E-state index contributed by atoms with van der Waals surface area (Å²) in [4.78, 5) is 30.7. The highest BCUT2D eigenvalue weighted by Gasteiger charge is 2.27. The monoisotopic (exact) mass is 436 g/mol. The number of piperazine rings is 1. The highest BCUT2D eigenvalue weighted by Crippen LogP contribution is 2.28. The van der Waals surface area contributed by atoms with Crippen LogP contribution in [-0.4, -0.2) is 84.8 Å². The Kier molecular flexibility index (Phi) is 6.23. The zero-order valence-electron chi connectivity index (χ0n) is 18.6. The first-order chi connectivity index (χ1) is 15.7. The van der Waals surface area contributed by atoms with Crippen LogP contribution in [-0.2, 0) is 11.2 Å². The summed E-state index contributed by atoms with van der Waals surface area (Å²) in [5.41, 5.74) is 2.34. The predicted molar refractivity (Wildman–Crippen MR) is 125 cm³/mol. The Balaban J connectivity index is 1.16. The van der Waals surface area contributed by atoms with Crippen molar-refractivity contribution < 1.29 is 9.90 Å². The second-order valence-electron chi connectivity index (χ2n) is 9.06. The van der Waals surface area contributed by atoms with Crippen LogP contribution in [0.3, 0.4) is 0 Å². The Morgan fingerprint density at radius 3 is 2.59 bits per heavy atom. The Bertz CT molecular complexity index is 946. The van der Waals surface area contributed by atoms with E-state index in [4.69, 9.17) is 0 Å². The number of benzene rings is 1. The minimum atomic E-state index is 0.191. The molecule has 0 aliphatic carbocycles. The van der Waals surface area contributed by atoms with E-state index in [1.807, 2.05) is 17.0 Å². The van der Waals surface area contributed by atoms with E-state index in [-0.39, 0.29) is 12.5 Å². The highest BCUT2D eigenvalue weighted by atomic mass is 16.3. The highest BCUT2D eigenvalue weighted by molar-refractivity contribution is 5.96. The van der Waals surface area contributed by atoms with E-state index in [0.29, 0.717) is 12.5 Å². The maximum atomic E-state index is 12.9. The number of para-hydroxylation sites is 1. The quantitative estimate of drug-likeness (QED) is 0.759. The molecular formula is C24H32N6O2. The third-order valence-corrected chi connectivity index (χ3v) is 6.98. The lowest BCUT2D eigenvalue weighted by atomic mass is 9.99. The molecule has 8 nitrogen and oxygen atoms in total. The normalized spacial score (nSPS) is 21.7.